The predicted molar refractivity (Wildman–Crippen MR) is 90.7 cm³/mol. The van der Waals surface area contributed by atoms with Gasteiger partial charge in [-0.15, -0.1) is 11.3 Å². The fraction of sp³-hybridized carbons (Fsp3) is 0.471. The summed E-state index contributed by atoms with van der Waals surface area (Å²) < 4.78 is 1.29. The molecule has 0 aliphatic heterocycles. The Morgan fingerprint density at radius 1 is 1.19 bits per heavy atom. The Balaban J connectivity index is 2.03. The van der Waals surface area contributed by atoms with Crippen LogP contribution in [0.4, 0.5) is 0 Å². The zero-order valence-electron chi connectivity index (χ0n) is 13.4. The number of carbonyl (C=O) groups excluding carboxylic acids is 1. The third-order valence-electron chi connectivity index (χ3n) is 3.26. The summed E-state index contributed by atoms with van der Waals surface area (Å²) in [7, 11) is 0. The highest BCUT2D eigenvalue weighted by molar-refractivity contribution is 7.19. The van der Waals surface area contributed by atoms with Crippen molar-refractivity contribution in [1.29, 1.82) is 0 Å². The van der Waals surface area contributed by atoms with Gasteiger partial charge in [0.25, 0.3) is 0 Å². The van der Waals surface area contributed by atoms with Gasteiger partial charge in [0.1, 0.15) is 0 Å². The average molecular weight is 304 g/mol. The van der Waals surface area contributed by atoms with E-state index in [0.29, 0.717) is 0 Å². The first-order valence-electron chi connectivity index (χ1n) is 7.33. The Morgan fingerprint density at radius 2 is 1.86 bits per heavy atom. The van der Waals surface area contributed by atoms with Crippen LogP contribution in [0.25, 0.3) is 10.1 Å². The molecular formula is C17H24N2OS. The van der Waals surface area contributed by atoms with Gasteiger partial charge in [-0.3, -0.25) is 10.1 Å². The van der Waals surface area contributed by atoms with Crippen LogP contribution in [0.5, 0.6) is 0 Å². The monoisotopic (exact) mass is 304 g/mol. The van der Waals surface area contributed by atoms with Gasteiger partial charge in [0.15, 0.2) is 0 Å². The summed E-state index contributed by atoms with van der Waals surface area (Å²) in [6, 6.07) is 10.5. The molecule has 1 heterocycles. The standard InChI is InChI=1S/C17H24N2OS/c1-11(18-12(2)16(20)19-17(3,4)5)15-10-13-8-6-7-9-14(13)21-15/h6-12,18H,1-5H3,(H,19,20). The van der Waals surface area contributed by atoms with E-state index >= 15 is 0 Å². The first-order chi connectivity index (χ1) is 9.76. The number of rotatable bonds is 4. The number of hydrogen-bond acceptors (Lipinski definition) is 3. The zero-order valence-corrected chi connectivity index (χ0v) is 14.2. The SMILES string of the molecule is CC(NC(C)c1cc2ccccc2s1)C(=O)NC(C)(C)C. The van der Waals surface area contributed by atoms with Crippen molar-refractivity contribution in [3.8, 4) is 0 Å². The van der Waals surface area contributed by atoms with Gasteiger partial charge >= 0.3 is 0 Å². The quantitative estimate of drug-likeness (QED) is 0.900. The minimum atomic E-state index is -0.218. The third-order valence-corrected chi connectivity index (χ3v) is 4.56. The molecule has 0 aliphatic rings. The van der Waals surface area contributed by atoms with Crippen LogP contribution in [-0.2, 0) is 4.79 Å². The largest absolute Gasteiger partial charge is 0.350 e. The molecule has 2 N–H and O–H groups in total. The van der Waals surface area contributed by atoms with Crippen LogP contribution in [0.1, 0.15) is 45.5 Å². The van der Waals surface area contributed by atoms with E-state index in [4.69, 9.17) is 0 Å². The first kappa shape index (κ1) is 16.0. The molecule has 114 valence electrons. The third kappa shape index (κ3) is 4.29. The maximum atomic E-state index is 12.1. The highest BCUT2D eigenvalue weighted by atomic mass is 32.1. The lowest BCUT2D eigenvalue weighted by atomic mass is 10.1. The van der Waals surface area contributed by atoms with Gasteiger partial charge in [-0.1, -0.05) is 18.2 Å². The van der Waals surface area contributed by atoms with Crippen LogP contribution >= 0.6 is 11.3 Å². The van der Waals surface area contributed by atoms with E-state index in [1.807, 2.05) is 27.7 Å². The van der Waals surface area contributed by atoms with Gasteiger partial charge < -0.3 is 5.32 Å². The number of carbonyl (C=O) groups is 1. The Hall–Kier alpha value is -1.39. The normalized spacial score (nSPS) is 14.9. The van der Waals surface area contributed by atoms with Gasteiger partial charge in [-0.05, 0) is 52.1 Å². The molecule has 0 saturated heterocycles. The maximum Gasteiger partial charge on any atom is 0.237 e. The average Bonchev–Trinajstić information content (AvgIpc) is 2.80. The van der Waals surface area contributed by atoms with E-state index < -0.39 is 0 Å². The number of hydrogen-bond donors (Lipinski definition) is 2. The molecule has 0 saturated carbocycles. The molecule has 0 fully saturated rings. The number of fused-ring (bicyclic) bond motifs is 1. The molecule has 1 aromatic carbocycles. The summed E-state index contributed by atoms with van der Waals surface area (Å²) in [5.74, 6) is 0.0375. The lowest BCUT2D eigenvalue weighted by Gasteiger charge is -2.25. The number of thiophene rings is 1. The van der Waals surface area contributed by atoms with E-state index in [9.17, 15) is 4.79 Å². The molecule has 1 aromatic heterocycles. The molecule has 0 aliphatic carbocycles. The molecule has 3 nitrogen and oxygen atoms in total. The topological polar surface area (TPSA) is 41.1 Å². The molecule has 2 atom stereocenters. The summed E-state index contributed by atoms with van der Waals surface area (Å²) in [6.07, 6.45) is 0. The van der Waals surface area contributed by atoms with E-state index in [2.05, 4.69) is 47.9 Å². The molecule has 2 unspecified atom stereocenters. The maximum absolute atomic E-state index is 12.1. The lowest BCUT2D eigenvalue weighted by molar-refractivity contribution is -0.124. The van der Waals surface area contributed by atoms with E-state index in [1.165, 1.54) is 15.0 Å². The second kappa shape index (κ2) is 6.16. The first-order valence-corrected chi connectivity index (χ1v) is 8.14. The molecule has 4 heteroatoms. The Labute approximate surface area is 130 Å². The van der Waals surface area contributed by atoms with Gasteiger partial charge in [0.2, 0.25) is 5.91 Å². The van der Waals surface area contributed by atoms with Gasteiger partial charge in [-0.2, -0.15) is 0 Å². The highest BCUT2D eigenvalue weighted by Gasteiger charge is 2.21. The fourth-order valence-electron chi connectivity index (χ4n) is 2.23. The Kier molecular flexibility index (Phi) is 4.69. The van der Waals surface area contributed by atoms with Crippen LogP contribution < -0.4 is 10.6 Å². The van der Waals surface area contributed by atoms with Crippen LogP contribution in [-0.4, -0.2) is 17.5 Å². The summed E-state index contributed by atoms with van der Waals surface area (Å²) >= 11 is 1.78. The second-order valence-corrected chi connectivity index (χ2v) is 7.65. The van der Waals surface area contributed by atoms with Gasteiger partial charge in [0.05, 0.1) is 6.04 Å². The van der Waals surface area contributed by atoms with Crippen LogP contribution in [0.15, 0.2) is 30.3 Å². The van der Waals surface area contributed by atoms with Crippen molar-refractivity contribution in [2.24, 2.45) is 0 Å². The van der Waals surface area contributed by atoms with E-state index in [1.54, 1.807) is 11.3 Å². The zero-order chi connectivity index (χ0) is 15.6. The van der Waals surface area contributed by atoms with Gasteiger partial charge in [-0.25, -0.2) is 0 Å². The molecule has 2 aromatic rings. The highest BCUT2D eigenvalue weighted by Crippen LogP contribution is 2.29. The molecule has 1 amide bonds. The predicted octanol–water partition coefficient (Wildman–Crippen LogP) is 3.86. The van der Waals surface area contributed by atoms with Crippen molar-refractivity contribution >= 4 is 27.3 Å². The van der Waals surface area contributed by atoms with Crippen molar-refractivity contribution in [1.82, 2.24) is 10.6 Å². The van der Waals surface area contributed by atoms with Crippen LogP contribution in [0.3, 0.4) is 0 Å². The molecule has 0 radical (unpaired) electrons. The summed E-state index contributed by atoms with van der Waals surface area (Å²) in [5.41, 5.74) is -0.201. The lowest BCUT2D eigenvalue weighted by Crippen LogP contribution is -2.49. The van der Waals surface area contributed by atoms with E-state index in [-0.39, 0.29) is 23.5 Å². The summed E-state index contributed by atoms with van der Waals surface area (Å²) in [4.78, 5) is 13.4. The van der Waals surface area contributed by atoms with Crippen LogP contribution in [0.2, 0.25) is 0 Å². The smallest absolute Gasteiger partial charge is 0.237 e. The molecule has 2 rings (SSSR count). The summed E-state index contributed by atoms with van der Waals surface area (Å²) in [5, 5.41) is 7.64. The Morgan fingerprint density at radius 3 is 2.48 bits per heavy atom. The number of benzene rings is 1. The fourth-order valence-corrected chi connectivity index (χ4v) is 3.30. The van der Waals surface area contributed by atoms with Gasteiger partial charge in [0, 0.05) is 21.2 Å². The minimum Gasteiger partial charge on any atom is -0.350 e. The van der Waals surface area contributed by atoms with Crippen molar-refractivity contribution in [2.45, 2.75) is 52.2 Å². The van der Waals surface area contributed by atoms with Crippen LogP contribution in [0, 0.1) is 0 Å². The molecule has 21 heavy (non-hydrogen) atoms. The second-order valence-electron chi connectivity index (χ2n) is 6.54. The molecule has 0 spiro atoms. The van der Waals surface area contributed by atoms with Crippen molar-refractivity contribution < 1.29 is 4.79 Å². The summed E-state index contributed by atoms with van der Waals surface area (Å²) in [6.45, 7) is 9.99. The van der Waals surface area contributed by atoms with Crippen molar-refractivity contribution in [3.05, 3.63) is 35.2 Å². The Bertz CT molecular complexity index is 594. The minimum absolute atomic E-state index is 0.0375. The van der Waals surface area contributed by atoms with Crippen molar-refractivity contribution in [3.63, 3.8) is 0 Å². The number of nitrogens with one attached hydrogen (secondary N) is 2. The molecule has 0 bridgehead atoms. The molecular weight excluding hydrogens is 280 g/mol. The van der Waals surface area contributed by atoms with Crippen molar-refractivity contribution in [2.75, 3.05) is 0 Å². The number of amides is 1. The van der Waals surface area contributed by atoms with E-state index in [0.717, 1.165) is 0 Å².